The second kappa shape index (κ2) is 5.32. The molecule has 1 aromatic carbocycles. The molecule has 0 spiro atoms. The fourth-order valence-corrected chi connectivity index (χ4v) is 2.40. The van der Waals surface area contributed by atoms with E-state index in [2.05, 4.69) is 4.98 Å². The average Bonchev–Trinajstić information content (AvgIpc) is 2.73. The highest BCUT2D eigenvalue weighted by atomic mass is 32.1. The van der Waals surface area contributed by atoms with Crippen molar-refractivity contribution in [3.63, 3.8) is 0 Å². The molecule has 0 atom stereocenters. The van der Waals surface area contributed by atoms with Crippen molar-refractivity contribution in [2.75, 3.05) is 0 Å². The SMILES string of the molecule is Cc1csc(CC(=O)c2cc(C(F)(F)F)ccc2F)n1. The Morgan fingerprint density at radius 2 is 2.05 bits per heavy atom. The van der Waals surface area contributed by atoms with Crippen molar-refractivity contribution in [3.05, 3.63) is 51.2 Å². The zero-order chi connectivity index (χ0) is 14.9. The Balaban J connectivity index is 2.29. The number of carbonyl (C=O) groups excluding carboxylic acids is 1. The van der Waals surface area contributed by atoms with Gasteiger partial charge in [0.05, 0.1) is 17.5 Å². The predicted molar refractivity (Wildman–Crippen MR) is 66.3 cm³/mol. The normalized spacial score (nSPS) is 11.7. The van der Waals surface area contributed by atoms with Crippen LogP contribution in [0.4, 0.5) is 17.6 Å². The zero-order valence-corrected chi connectivity index (χ0v) is 11.1. The van der Waals surface area contributed by atoms with Gasteiger partial charge < -0.3 is 0 Å². The molecule has 0 fully saturated rings. The first-order valence-corrected chi connectivity index (χ1v) is 6.46. The lowest BCUT2D eigenvalue weighted by molar-refractivity contribution is -0.137. The molecule has 0 aliphatic carbocycles. The number of hydrogen-bond acceptors (Lipinski definition) is 3. The Hall–Kier alpha value is -1.76. The third kappa shape index (κ3) is 3.22. The van der Waals surface area contributed by atoms with Crippen LogP contribution in [0.3, 0.4) is 0 Å². The van der Waals surface area contributed by atoms with Crippen molar-refractivity contribution < 1.29 is 22.4 Å². The summed E-state index contributed by atoms with van der Waals surface area (Å²) in [6.45, 7) is 1.73. The van der Waals surface area contributed by atoms with Gasteiger partial charge in [-0.3, -0.25) is 4.79 Å². The number of aryl methyl sites for hydroxylation is 1. The molecule has 1 aromatic heterocycles. The molecule has 0 saturated heterocycles. The Morgan fingerprint density at radius 1 is 1.35 bits per heavy atom. The van der Waals surface area contributed by atoms with Crippen LogP contribution < -0.4 is 0 Å². The van der Waals surface area contributed by atoms with E-state index in [0.29, 0.717) is 28.9 Å². The number of rotatable bonds is 3. The van der Waals surface area contributed by atoms with Gasteiger partial charge in [0.15, 0.2) is 5.78 Å². The maximum atomic E-state index is 13.5. The number of alkyl halides is 3. The molecule has 0 saturated carbocycles. The summed E-state index contributed by atoms with van der Waals surface area (Å²) < 4.78 is 51.2. The predicted octanol–water partition coefficient (Wildman–Crippen LogP) is 4.03. The fourth-order valence-electron chi connectivity index (χ4n) is 1.63. The highest BCUT2D eigenvalue weighted by Gasteiger charge is 2.31. The maximum Gasteiger partial charge on any atom is 0.416 e. The summed E-state index contributed by atoms with van der Waals surface area (Å²) >= 11 is 1.21. The second-order valence-corrected chi connectivity index (χ2v) is 5.12. The van der Waals surface area contributed by atoms with E-state index in [1.807, 2.05) is 0 Å². The lowest BCUT2D eigenvalue weighted by atomic mass is 10.0. The summed E-state index contributed by atoms with van der Waals surface area (Å²) in [5.41, 5.74) is -0.896. The molecule has 0 amide bonds. The third-order valence-electron chi connectivity index (χ3n) is 2.57. The molecule has 1 heterocycles. The number of thiazole rings is 1. The van der Waals surface area contributed by atoms with E-state index in [-0.39, 0.29) is 6.42 Å². The molecular weight excluding hydrogens is 294 g/mol. The van der Waals surface area contributed by atoms with E-state index in [1.165, 1.54) is 11.3 Å². The van der Waals surface area contributed by atoms with Gasteiger partial charge in [-0.1, -0.05) is 0 Å². The summed E-state index contributed by atoms with van der Waals surface area (Å²) in [5.74, 6) is -1.68. The third-order valence-corrected chi connectivity index (χ3v) is 3.54. The van der Waals surface area contributed by atoms with Crippen molar-refractivity contribution in [1.82, 2.24) is 4.98 Å². The van der Waals surface area contributed by atoms with E-state index in [4.69, 9.17) is 0 Å². The van der Waals surface area contributed by atoms with E-state index in [0.717, 1.165) is 0 Å². The lowest BCUT2D eigenvalue weighted by Crippen LogP contribution is -2.11. The lowest BCUT2D eigenvalue weighted by Gasteiger charge is -2.08. The van der Waals surface area contributed by atoms with Crippen LogP contribution in [0.1, 0.15) is 26.6 Å². The molecule has 0 radical (unpaired) electrons. The number of nitrogens with zero attached hydrogens (tertiary/aromatic N) is 1. The first-order chi connectivity index (χ1) is 9.27. The Morgan fingerprint density at radius 3 is 2.60 bits per heavy atom. The van der Waals surface area contributed by atoms with Gasteiger partial charge >= 0.3 is 6.18 Å². The van der Waals surface area contributed by atoms with Crippen LogP contribution >= 0.6 is 11.3 Å². The summed E-state index contributed by atoms with van der Waals surface area (Å²) in [4.78, 5) is 15.9. The van der Waals surface area contributed by atoms with Crippen molar-refractivity contribution in [1.29, 1.82) is 0 Å². The van der Waals surface area contributed by atoms with E-state index >= 15 is 0 Å². The van der Waals surface area contributed by atoms with Crippen LogP contribution in [0.5, 0.6) is 0 Å². The Bertz CT molecular complexity index is 648. The van der Waals surface area contributed by atoms with Gasteiger partial charge in [0.1, 0.15) is 10.8 Å². The van der Waals surface area contributed by atoms with E-state index in [9.17, 15) is 22.4 Å². The topological polar surface area (TPSA) is 30.0 Å². The number of benzene rings is 1. The molecule has 0 bridgehead atoms. The van der Waals surface area contributed by atoms with Crippen molar-refractivity contribution >= 4 is 17.1 Å². The first kappa shape index (κ1) is 14.6. The van der Waals surface area contributed by atoms with Gasteiger partial charge in [0, 0.05) is 11.1 Å². The van der Waals surface area contributed by atoms with E-state index in [1.54, 1.807) is 12.3 Å². The molecule has 106 valence electrons. The monoisotopic (exact) mass is 303 g/mol. The van der Waals surface area contributed by atoms with Crippen LogP contribution in [0.25, 0.3) is 0 Å². The number of aromatic nitrogens is 1. The number of ketones is 1. The van der Waals surface area contributed by atoms with Gasteiger partial charge in [-0.25, -0.2) is 9.37 Å². The van der Waals surface area contributed by atoms with Gasteiger partial charge in [-0.2, -0.15) is 13.2 Å². The minimum absolute atomic E-state index is 0.212. The van der Waals surface area contributed by atoms with Crippen LogP contribution in [0.15, 0.2) is 23.6 Å². The van der Waals surface area contributed by atoms with Gasteiger partial charge in [-0.05, 0) is 25.1 Å². The van der Waals surface area contributed by atoms with Crippen LogP contribution in [-0.4, -0.2) is 10.8 Å². The standard InChI is InChI=1S/C13H9F4NOS/c1-7-6-20-12(18-7)5-11(19)9-4-8(13(15,16)17)2-3-10(9)14/h2-4,6H,5H2,1H3. The average molecular weight is 303 g/mol. The van der Waals surface area contributed by atoms with Crippen LogP contribution in [0, 0.1) is 12.7 Å². The summed E-state index contributed by atoms with van der Waals surface area (Å²) in [7, 11) is 0. The van der Waals surface area contributed by atoms with Crippen LogP contribution in [-0.2, 0) is 12.6 Å². The van der Waals surface area contributed by atoms with Gasteiger partial charge in [0.25, 0.3) is 0 Å². The smallest absolute Gasteiger partial charge is 0.294 e. The maximum absolute atomic E-state index is 13.5. The van der Waals surface area contributed by atoms with Crippen LogP contribution in [0.2, 0.25) is 0 Å². The summed E-state index contributed by atoms with van der Waals surface area (Å²) in [6.07, 6.45) is -4.82. The molecule has 0 unspecified atom stereocenters. The number of carbonyl (C=O) groups is 1. The minimum Gasteiger partial charge on any atom is -0.294 e. The quantitative estimate of drug-likeness (QED) is 0.633. The van der Waals surface area contributed by atoms with Gasteiger partial charge in [0.2, 0.25) is 0 Å². The molecule has 0 N–H and O–H groups in total. The fraction of sp³-hybridized carbons (Fsp3) is 0.231. The second-order valence-electron chi connectivity index (χ2n) is 4.17. The molecule has 0 aliphatic heterocycles. The zero-order valence-electron chi connectivity index (χ0n) is 10.3. The molecule has 2 nitrogen and oxygen atoms in total. The minimum atomic E-state index is -4.61. The summed E-state index contributed by atoms with van der Waals surface area (Å²) in [5, 5.41) is 2.16. The molecule has 7 heteroatoms. The number of hydrogen-bond donors (Lipinski definition) is 0. The van der Waals surface area contributed by atoms with E-state index < -0.39 is 28.9 Å². The molecule has 20 heavy (non-hydrogen) atoms. The highest BCUT2D eigenvalue weighted by molar-refractivity contribution is 7.09. The van der Waals surface area contributed by atoms with Crippen molar-refractivity contribution in [3.8, 4) is 0 Å². The molecule has 2 aromatic rings. The Kier molecular flexibility index (Phi) is 3.89. The molecular formula is C13H9F4NOS. The van der Waals surface area contributed by atoms with Gasteiger partial charge in [-0.15, -0.1) is 11.3 Å². The number of Topliss-reactive ketones (excluding diaryl/α,β-unsaturated/α-hetero) is 1. The highest BCUT2D eigenvalue weighted by Crippen LogP contribution is 2.30. The number of halogens is 4. The molecule has 0 aliphatic rings. The first-order valence-electron chi connectivity index (χ1n) is 5.58. The largest absolute Gasteiger partial charge is 0.416 e. The summed E-state index contributed by atoms with van der Waals surface area (Å²) in [6, 6.07) is 1.81. The van der Waals surface area contributed by atoms with Crippen molar-refractivity contribution in [2.45, 2.75) is 19.5 Å². The van der Waals surface area contributed by atoms with Crippen molar-refractivity contribution in [2.24, 2.45) is 0 Å². The molecule has 2 rings (SSSR count). The Labute approximate surface area is 116 Å².